The summed E-state index contributed by atoms with van der Waals surface area (Å²) in [4.78, 5) is 29.9. The van der Waals surface area contributed by atoms with Crippen LogP contribution in [0.25, 0.3) is 11.4 Å². The van der Waals surface area contributed by atoms with Crippen LogP contribution in [0.15, 0.2) is 54.9 Å². The fraction of sp³-hybridized carbons (Fsp3) is 0.238. The summed E-state index contributed by atoms with van der Waals surface area (Å²) in [5.41, 5.74) is 2.79. The molecule has 4 rings (SSSR count). The molecule has 1 aliphatic heterocycles. The van der Waals surface area contributed by atoms with Gasteiger partial charge in [0.2, 0.25) is 5.91 Å². The predicted octanol–water partition coefficient (Wildman–Crippen LogP) is 3.35. The van der Waals surface area contributed by atoms with Crippen LogP contribution in [0.3, 0.4) is 0 Å². The molecule has 142 valence electrons. The first-order valence-electron chi connectivity index (χ1n) is 9.12. The number of carbonyl (C=O) groups is 1. The number of halogens is 1. The molecule has 0 radical (unpaired) electrons. The molecule has 0 spiro atoms. The van der Waals surface area contributed by atoms with E-state index < -0.39 is 0 Å². The van der Waals surface area contributed by atoms with Crippen LogP contribution in [0.5, 0.6) is 0 Å². The summed E-state index contributed by atoms with van der Waals surface area (Å²) in [6.45, 7) is 4.20. The van der Waals surface area contributed by atoms with Crippen molar-refractivity contribution >= 4 is 23.3 Å². The summed E-state index contributed by atoms with van der Waals surface area (Å²) in [6, 6.07) is 13.3. The lowest BCUT2D eigenvalue weighted by atomic mass is 10.2. The number of anilines is 1. The lowest BCUT2D eigenvalue weighted by Gasteiger charge is -2.35. The second-order valence-corrected chi connectivity index (χ2v) is 7.23. The van der Waals surface area contributed by atoms with Gasteiger partial charge in [-0.25, -0.2) is 9.97 Å². The van der Waals surface area contributed by atoms with Gasteiger partial charge in [-0.1, -0.05) is 23.7 Å². The molecule has 2 aromatic heterocycles. The number of carbonyl (C=O) groups excluding carboxylic acids is 1. The Labute approximate surface area is 168 Å². The van der Waals surface area contributed by atoms with Gasteiger partial charge in [0.25, 0.3) is 0 Å². The number of hydrogen-bond donors (Lipinski definition) is 0. The Hall–Kier alpha value is -2.99. The number of piperazine rings is 1. The Kier molecular flexibility index (Phi) is 5.21. The molecule has 28 heavy (non-hydrogen) atoms. The van der Waals surface area contributed by atoms with E-state index in [2.05, 4.69) is 15.0 Å². The van der Waals surface area contributed by atoms with Crippen LogP contribution in [-0.4, -0.2) is 45.4 Å². The van der Waals surface area contributed by atoms with E-state index in [0.717, 1.165) is 29.2 Å². The van der Waals surface area contributed by atoms with E-state index >= 15 is 0 Å². The van der Waals surface area contributed by atoms with Crippen molar-refractivity contribution in [1.29, 1.82) is 0 Å². The van der Waals surface area contributed by atoms with Crippen molar-refractivity contribution in [3.63, 3.8) is 0 Å². The van der Waals surface area contributed by atoms with Gasteiger partial charge in [0.05, 0.1) is 6.54 Å². The van der Waals surface area contributed by atoms with E-state index in [4.69, 9.17) is 11.6 Å². The zero-order valence-corrected chi connectivity index (χ0v) is 16.3. The minimum atomic E-state index is 0.0837. The van der Waals surface area contributed by atoms with Crippen molar-refractivity contribution in [2.24, 2.45) is 0 Å². The molecule has 1 fully saturated rings. The van der Waals surface area contributed by atoms with Gasteiger partial charge in [-0.2, -0.15) is 0 Å². The molecule has 1 amide bonds. The highest BCUT2D eigenvalue weighted by Gasteiger charge is 2.25. The smallest absolute Gasteiger partial charge is 0.242 e. The largest absolute Gasteiger partial charge is 0.345 e. The quantitative estimate of drug-likeness (QED) is 0.680. The van der Waals surface area contributed by atoms with Crippen molar-refractivity contribution in [1.82, 2.24) is 19.9 Å². The minimum Gasteiger partial charge on any atom is -0.345 e. The normalized spacial score (nSPS) is 14.4. The van der Waals surface area contributed by atoms with Crippen LogP contribution in [0.4, 0.5) is 5.82 Å². The molecule has 0 aliphatic carbocycles. The van der Waals surface area contributed by atoms with Gasteiger partial charge in [-0.3, -0.25) is 9.78 Å². The van der Waals surface area contributed by atoms with Crippen molar-refractivity contribution < 1.29 is 4.79 Å². The Morgan fingerprint density at radius 1 is 1.11 bits per heavy atom. The molecule has 0 saturated carbocycles. The van der Waals surface area contributed by atoms with Crippen LogP contribution < -0.4 is 4.90 Å². The lowest BCUT2D eigenvalue weighted by Crippen LogP contribution is -2.50. The number of nitrogens with zero attached hydrogens (tertiary/aromatic N) is 5. The number of aromatic nitrogens is 3. The molecule has 1 saturated heterocycles. The monoisotopic (exact) mass is 393 g/mol. The maximum atomic E-state index is 12.7. The third-order valence-electron chi connectivity index (χ3n) is 4.69. The molecule has 7 heteroatoms. The first-order valence-corrected chi connectivity index (χ1v) is 9.49. The van der Waals surface area contributed by atoms with Gasteiger partial charge < -0.3 is 9.80 Å². The van der Waals surface area contributed by atoms with Crippen LogP contribution >= 0.6 is 11.6 Å². The molecular weight excluding hydrogens is 374 g/mol. The molecule has 0 atom stereocenters. The molecule has 0 unspecified atom stereocenters. The topological polar surface area (TPSA) is 62.2 Å². The van der Waals surface area contributed by atoms with Crippen molar-refractivity contribution in [2.75, 3.05) is 24.5 Å². The third kappa shape index (κ3) is 4.12. The summed E-state index contributed by atoms with van der Waals surface area (Å²) in [5, 5.41) is 0.698. The van der Waals surface area contributed by atoms with E-state index in [-0.39, 0.29) is 5.91 Å². The zero-order chi connectivity index (χ0) is 19.5. The summed E-state index contributed by atoms with van der Waals surface area (Å²) in [5.74, 6) is 1.48. The maximum Gasteiger partial charge on any atom is 0.242 e. The summed E-state index contributed by atoms with van der Waals surface area (Å²) in [7, 11) is 0. The highest BCUT2D eigenvalue weighted by Crippen LogP contribution is 2.21. The number of rotatable bonds is 4. The summed E-state index contributed by atoms with van der Waals surface area (Å²) in [6.07, 6.45) is 3.46. The van der Waals surface area contributed by atoms with Gasteiger partial charge >= 0.3 is 0 Å². The highest BCUT2D eigenvalue weighted by atomic mass is 35.5. The van der Waals surface area contributed by atoms with Crippen molar-refractivity contribution in [2.45, 2.75) is 13.5 Å². The van der Waals surface area contributed by atoms with Gasteiger partial charge in [0.15, 0.2) is 5.82 Å². The molecule has 3 aromatic rings. The number of aryl methyl sites for hydroxylation is 1. The molecule has 0 bridgehead atoms. The summed E-state index contributed by atoms with van der Waals surface area (Å²) >= 11 is 5.94. The second kappa shape index (κ2) is 7.94. The van der Waals surface area contributed by atoms with Gasteiger partial charge in [-0.15, -0.1) is 0 Å². The SMILES string of the molecule is Cc1cc(N2CCN(Cc3ccc(Cl)cc3)C(=O)C2)nc(-c2cccnc2)n1. The molecule has 1 aromatic carbocycles. The van der Waals surface area contributed by atoms with Crippen LogP contribution in [0.2, 0.25) is 5.02 Å². The number of pyridine rings is 1. The van der Waals surface area contributed by atoms with Crippen LogP contribution in [0.1, 0.15) is 11.3 Å². The maximum absolute atomic E-state index is 12.7. The first-order chi connectivity index (χ1) is 13.6. The zero-order valence-electron chi connectivity index (χ0n) is 15.5. The minimum absolute atomic E-state index is 0.0837. The van der Waals surface area contributed by atoms with Gasteiger partial charge in [-0.05, 0) is 36.8 Å². The van der Waals surface area contributed by atoms with E-state index in [1.165, 1.54) is 0 Å². The highest BCUT2D eigenvalue weighted by molar-refractivity contribution is 6.30. The Bertz CT molecular complexity index is 978. The molecule has 6 nitrogen and oxygen atoms in total. The van der Waals surface area contributed by atoms with E-state index in [9.17, 15) is 4.79 Å². The average molecular weight is 394 g/mol. The number of amides is 1. The van der Waals surface area contributed by atoms with E-state index in [1.807, 2.05) is 59.2 Å². The molecule has 3 heterocycles. The van der Waals surface area contributed by atoms with E-state index in [0.29, 0.717) is 30.5 Å². The second-order valence-electron chi connectivity index (χ2n) is 6.80. The van der Waals surface area contributed by atoms with Crippen LogP contribution in [-0.2, 0) is 11.3 Å². The van der Waals surface area contributed by atoms with Crippen LogP contribution in [0, 0.1) is 6.92 Å². The first kappa shape index (κ1) is 18.4. The van der Waals surface area contributed by atoms with Crippen molar-refractivity contribution in [3.8, 4) is 11.4 Å². The third-order valence-corrected chi connectivity index (χ3v) is 4.94. The Morgan fingerprint density at radius 2 is 1.93 bits per heavy atom. The fourth-order valence-corrected chi connectivity index (χ4v) is 3.35. The number of benzene rings is 1. The molecule has 0 N–H and O–H groups in total. The Morgan fingerprint density at radius 3 is 2.64 bits per heavy atom. The van der Waals surface area contributed by atoms with Gasteiger partial charge in [0.1, 0.15) is 5.82 Å². The Balaban J connectivity index is 1.49. The number of hydrogen-bond acceptors (Lipinski definition) is 5. The molecular formula is C21H20ClN5O. The average Bonchev–Trinajstić information content (AvgIpc) is 2.71. The lowest BCUT2D eigenvalue weighted by molar-refractivity contribution is -0.131. The fourth-order valence-electron chi connectivity index (χ4n) is 3.22. The van der Waals surface area contributed by atoms with Gasteiger partial charge in [0, 0.05) is 54.4 Å². The van der Waals surface area contributed by atoms with Crippen molar-refractivity contribution in [3.05, 3.63) is 71.1 Å². The molecule has 1 aliphatic rings. The standard InChI is InChI=1S/C21H20ClN5O/c1-15-11-19(25-21(24-15)17-3-2-8-23-12-17)26-9-10-27(20(28)14-26)13-16-4-6-18(22)7-5-16/h2-8,11-12H,9-10,13-14H2,1H3. The van der Waals surface area contributed by atoms with E-state index in [1.54, 1.807) is 12.4 Å². The summed E-state index contributed by atoms with van der Waals surface area (Å²) < 4.78 is 0. The predicted molar refractivity (Wildman–Crippen MR) is 109 cm³/mol.